The molecule has 0 atom stereocenters. The topological polar surface area (TPSA) is 102 Å². The van der Waals surface area contributed by atoms with Crippen LogP contribution in [0.3, 0.4) is 0 Å². The lowest BCUT2D eigenvalue weighted by atomic mass is 10.3. The van der Waals surface area contributed by atoms with Gasteiger partial charge >= 0.3 is 0 Å². The Morgan fingerprint density at radius 3 is 2.84 bits per heavy atom. The summed E-state index contributed by atoms with van der Waals surface area (Å²) >= 11 is 1.29. The average Bonchev–Trinajstić information content (AvgIpc) is 3.21. The van der Waals surface area contributed by atoms with E-state index >= 15 is 0 Å². The van der Waals surface area contributed by atoms with Crippen molar-refractivity contribution in [3.05, 3.63) is 48.8 Å². The first-order valence-electron chi connectivity index (χ1n) is 9.60. The van der Waals surface area contributed by atoms with Crippen LogP contribution in [0.15, 0.2) is 58.8 Å². The molecule has 9 nitrogen and oxygen atoms in total. The maximum atomic E-state index is 12.9. The third kappa shape index (κ3) is 4.69. The van der Waals surface area contributed by atoms with Crippen molar-refractivity contribution in [3.63, 3.8) is 0 Å². The quantitative estimate of drug-likeness (QED) is 0.537. The van der Waals surface area contributed by atoms with E-state index in [0.29, 0.717) is 42.9 Å². The molecule has 1 aromatic carbocycles. The second-order valence-electron chi connectivity index (χ2n) is 6.75. The van der Waals surface area contributed by atoms with E-state index in [1.807, 2.05) is 28.8 Å². The highest BCUT2D eigenvalue weighted by molar-refractivity contribution is 7.99. The average molecular weight is 463 g/mol. The van der Waals surface area contributed by atoms with Crippen molar-refractivity contribution in [1.29, 1.82) is 0 Å². The Morgan fingerprint density at radius 2 is 2.06 bits per heavy atom. The molecule has 1 aliphatic heterocycles. The zero-order chi connectivity index (χ0) is 21.8. The van der Waals surface area contributed by atoms with Crippen LogP contribution in [0, 0.1) is 0 Å². The molecule has 1 fully saturated rings. The summed E-state index contributed by atoms with van der Waals surface area (Å²) in [6.07, 6.45) is 3.62. The third-order valence-corrected chi connectivity index (χ3v) is 7.65. The van der Waals surface area contributed by atoms with Gasteiger partial charge in [0.25, 0.3) is 0 Å². The third-order valence-electron chi connectivity index (χ3n) is 4.79. The highest BCUT2D eigenvalue weighted by atomic mass is 32.2. The number of benzene rings is 1. The molecule has 0 saturated carbocycles. The Labute approximate surface area is 184 Å². The monoisotopic (exact) mass is 462 g/mol. The lowest BCUT2D eigenvalue weighted by Crippen LogP contribution is -2.40. The van der Waals surface area contributed by atoms with Gasteiger partial charge in [-0.15, -0.1) is 0 Å². The van der Waals surface area contributed by atoms with E-state index in [1.54, 1.807) is 6.20 Å². The van der Waals surface area contributed by atoms with Crippen molar-refractivity contribution < 1.29 is 22.7 Å². The zero-order valence-electron chi connectivity index (χ0n) is 16.9. The number of hydrogen-bond acceptors (Lipinski definition) is 7. The van der Waals surface area contributed by atoms with Gasteiger partial charge in [-0.25, -0.2) is 13.4 Å². The molecule has 1 saturated heterocycles. The van der Waals surface area contributed by atoms with Crippen LogP contribution in [-0.4, -0.2) is 67.2 Å². The number of anilines is 1. The summed E-state index contributed by atoms with van der Waals surface area (Å²) in [4.78, 5) is 17.0. The van der Waals surface area contributed by atoms with Crippen LogP contribution in [0.5, 0.6) is 5.75 Å². The van der Waals surface area contributed by atoms with Gasteiger partial charge in [0.1, 0.15) is 5.75 Å². The van der Waals surface area contributed by atoms with E-state index < -0.39 is 10.0 Å². The second-order valence-corrected chi connectivity index (χ2v) is 9.63. The van der Waals surface area contributed by atoms with Gasteiger partial charge < -0.3 is 14.8 Å². The smallest absolute Gasteiger partial charge is 0.243 e. The maximum absolute atomic E-state index is 12.9. The number of rotatable bonds is 7. The number of sulfonamides is 1. The number of morpholine rings is 1. The Hall–Kier alpha value is -2.60. The van der Waals surface area contributed by atoms with E-state index in [4.69, 9.17) is 9.47 Å². The Morgan fingerprint density at radius 1 is 1.26 bits per heavy atom. The van der Waals surface area contributed by atoms with E-state index in [0.717, 1.165) is 5.52 Å². The minimum atomic E-state index is -3.69. The summed E-state index contributed by atoms with van der Waals surface area (Å²) in [5, 5.41) is 3.45. The molecule has 2 aromatic heterocycles. The fraction of sp³-hybridized carbons (Fsp3) is 0.300. The van der Waals surface area contributed by atoms with E-state index in [1.165, 1.54) is 41.4 Å². The summed E-state index contributed by atoms with van der Waals surface area (Å²) in [6.45, 7) is 1.31. The first-order chi connectivity index (χ1) is 15.0. The Bertz CT molecular complexity index is 1190. The van der Waals surface area contributed by atoms with Crippen molar-refractivity contribution in [2.45, 2.75) is 10.1 Å². The number of ether oxygens (including phenoxy) is 2. The first kappa shape index (κ1) is 21.6. The van der Waals surface area contributed by atoms with Crippen molar-refractivity contribution in [3.8, 4) is 5.75 Å². The molecule has 164 valence electrons. The molecule has 3 aromatic rings. The number of carbonyl (C=O) groups is 1. The van der Waals surface area contributed by atoms with Crippen LogP contribution >= 0.6 is 11.8 Å². The molecule has 1 amide bonds. The predicted octanol–water partition coefficient (Wildman–Crippen LogP) is 2.09. The summed E-state index contributed by atoms with van der Waals surface area (Å²) in [5.41, 5.74) is 1.24. The van der Waals surface area contributed by atoms with Crippen LogP contribution in [0.2, 0.25) is 0 Å². The second kappa shape index (κ2) is 9.27. The number of nitrogens with zero attached hydrogens (tertiary/aromatic N) is 3. The normalized spacial score (nSPS) is 15.1. The van der Waals surface area contributed by atoms with Crippen molar-refractivity contribution >= 4 is 38.9 Å². The number of amides is 1. The molecule has 0 bridgehead atoms. The number of hydrogen-bond donors (Lipinski definition) is 1. The van der Waals surface area contributed by atoms with E-state index in [9.17, 15) is 13.2 Å². The van der Waals surface area contributed by atoms with Gasteiger partial charge in [0, 0.05) is 19.3 Å². The highest BCUT2D eigenvalue weighted by Gasteiger charge is 2.27. The molecule has 3 heterocycles. The van der Waals surface area contributed by atoms with Gasteiger partial charge in [0.15, 0.2) is 5.16 Å². The van der Waals surface area contributed by atoms with Gasteiger partial charge in [0.05, 0.1) is 48.4 Å². The number of aromatic nitrogens is 2. The van der Waals surface area contributed by atoms with Gasteiger partial charge in [-0.05, 0) is 30.3 Å². The van der Waals surface area contributed by atoms with Crippen LogP contribution in [0.25, 0.3) is 5.52 Å². The van der Waals surface area contributed by atoms with Gasteiger partial charge in [-0.3, -0.25) is 9.20 Å². The number of carbonyl (C=O) groups excluding carboxylic acids is 1. The first-order valence-corrected chi connectivity index (χ1v) is 12.0. The number of methoxy groups -OCH3 is 1. The van der Waals surface area contributed by atoms with Crippen LogP contribution < -0.4 is 10.1 Å². The molecular weight excluding hydrogens is 440 g/mol. The molecule has 0 aliphatic carbocycles. The number of thioether (sulfide) groups is 1. The Kier molecular flexibility index (Phi) is 6.46. The molecule has 4 rings (SSSR count). The molecule has 1 N–H and O–H groups in total. The van der Waals surface area contributed by atoms with Gasteiger partial charge in [-0.1, -0.05) is 17.8 Å². The maximum Gasteiger partial charge on any atom is 0.243 e. The molecular formula is C20H22N4O5S2. The van der Waals surface area contributed by atoms with E-state index in [-0.39, 0.29) is 16.6 Å². The number of fused-ring (bicyclic) bond motifs is 1. The molecule has 11 heteroatoms. The lowest BCUT2D eigenvalue weighted by Gasteiger charge is -2.26. The molecule has 0 unspecified atom stereocenters. The summed E-state index contributed by atoms with van der Waals surface area (Å²) < 4.78 is 39.7. The fourth-order valence-electron chi connectivity index (χ4n) is 3.22. The van der Waals surface area contributed by atoms with Crippen LogP contribution in [0.4, 0.5) is 5.69 Å². The molecule has 1 aliphatic rings. The minimum absolute atomic E-state index is 0.0948. The van der Waals surface area contributed by atoms with Crippen LogP contribution in [0.1, 0.15) is 0 Å². The van der Waals surface area contributed by atoms with Gasteiger partial charge in [0.2, 0.25) is 15.9 Å². The summed E-state index contributed by atoms with van der Waals surface area (Å²) in [6, 6.07) is 10.2. The minimum Gasteiger partial charge on any atom is -0.495 e. The summed E-state index contributed by atoms with van der Waals surface area (Å²) in [5.74, 6) is 0.194. The van der Waals surface area contributed by atoms with Gasteiger partial charge in [-0.2, -0.15) is 4.31 Å². The lowest BCUT2D eigenvalue weighted by molar-refractivity contribution is -0.113. The number of pyridine rings is 1. The number of nitrogens with one attached hydrogen (secondary N) is 1. The van der Waals surface area contributed by atoms with E-state index in [2.05, 4.69) is 10.3 Å². The van der Waals surface area contributed by atoms with Crippen molar-refractivity contribution in [2.24, 2.45) is 0 Å². The SMILES string of the molecule is COc1ccc(S(=O)(=O)N2CCOCC2)cc1NC(=O)CSc1ncc2ccccn12. The number of imidazole rings is 1. The largest absolute Gasteiger partial charge is 0.495 e. The summed E-state index contributed by atoms with van der Waals surface area (Å²) in [7, 11) is -2.22. The predicted molar refractivity (Wildman–Crippen MR) is 117 cm³/mol. The molecule has 31 heavy (non-hydrogen) atoms. The Balaban J connectivity index is 1.49. The zero-order valence-corrected chi connectivity index (χ0v) is 18.5. The van der Waals surface area contributed by atoms with Crippen molar-refractivity contribution in [2.75, 3.05) is 44.5 Å². The van der Waals surface area contributed by atoms with Crippen molar-refractivity contribution in [1.82, 2.24) is 13.7 Å². The molecule has 0 radical (unpaired) electrons. The highest BCUT2D eigenvalue weighted by Crippen LogP contribution is 2.29. The van der Waals surface area contributed by atoms with Crippen LogP contribution in [-0.2, 0) is 19.6 Å². The molecule has 0 spiro atoms. The fourth-order valence-corrected chi connectivity index (χ4v) is 5.42. The standard InChI is InChI=1S/C20H22N4O5S2/c1-28-18-6-5-16(31(26,27)23-8-10-29-11-9-23)12-17(18)22-19(25)14-30-20-21-13-15-4-2-3-7-24(15)20/h2-7,12-13H,8-11,14H2,1H3,(H,22,25).